The van der Waals surface area contributed by atoms with Crippen LogP contribution in [0.4, 0.5) is 0 Å². The van der Waals surface area contributed by atoms with E-state index >= 15 is 0 Å². The van der Waals surface area contributed by atoms with Crippen LogP contribution < -0.4 is 0 Å². The highest BCUT2D eigenvalue weighted by Crippen LogP contribution is 2.12. The summed E-state index contributed by atoms with van der Waals surface area (Å²) in [6.07, 6.45) is 3.64. The van der Waals surface area contributed by atoms with Crippen LogP contribution in [0.2, 0.25) is 0 Å². The molecule has 1 aromatic rings. The Kier molecular flexibility index (Phi) is 1.63. The van der Waals surface area contributed by atoms with Gasteiger partial charge < -0.3 is 0 Å². The molecule has 0 aromatic carbocycles. The van der Waals surface area contributed by atoms with Gasteiger partial charge in [0, 0.05) is 35.6 Å². The Balaban J connectivity index is 2.41. The smallest absolute Gasteiger partial charge is 0.211 e. The van der Waals surface area contributed by atoms with Crippen LogP contribution in [-0.2, 0) is 13.0 Å². The highest BCUT2D eigenvalue weighted by Gasteiger charge is 2.11. The molecule has 0 unspecified atom stereocenters. The van der Waals surface area contributed by atoms with Crippen LogP contribution in [0.15, 0.2) is 0 Å². The molecule has 10 heavy (non-hydrogen) atoms. The Bertz CT molecular complexity index is 220. The standard InChI is InChI=1S/C6H8IN3/c7-6-8-5-3-1-2-4-10(5)9-6/h1-4H2. The van der Waals surface area contributed by atoms with Crippen molar-refractivity contribution in [1.82, 2.24) is 14.8 Å². The zero-order valence-corrected chi connectivity index (χ0v) is 7.71. The van der Waals surface area contributed by atoms with Crippen LogP contribution in [0.3, 0.4) is 0 Å². The zero-order valence-electron chi connectivity index (χ0n) is 5.55. The lowest BCUT2D eigenvalue weighted by molar-refractivity contribution is 0.479. The van der Waals surface area contributed by atoms with E-state index in [2.05, 4.69) is 32.7 Å². The summed E-state index contributed by atoms with van der Waals surface area (Å²) in [6, 6.07) is 0. The molecule has 2 heterocycles. The van der Waals surface area contributed by atoms with Gasteiger partial charge in [0.05, 0.1) is 0 Å². The molecule has 3 nitrogen and oxygen atoms in total. The molecule has 0 saturated carbocycles. The van der Waals surface area contributed by atoms with Gasteiger partial charge in [0.15, 0.2) is 0 Å². The van der Waals surface area contributed by atoms with E-state index in [0.29, 0.717) is 0 Å². The first-order valence-corrected chi connectivity index (χ1v) is 4.53. The molecule has 0 radical (unpaired) electrons. The van der Waals surface area contributed by atoms with E-state index in [1.54, 1.807) is 0 Å². The van der Waals surface area contributed by atoms with Crippen molar-refractivity contribution in [3.8, 4) is 0 Å². The van der Waals surface area contributed by atoms with Gasteiger partial charge in [-0.25, -0.2) is 9.67 Å². The number of hydrogen-bond acceptors (Lipinski definition) is 2. The predicted octanol–water partition coefficient (Wildman–Crippen LogP) is 1.22. The van der Waals surface area contributed by atoms with Crippen molar-refractivity contribution in [3.63, 3.8) is 0 Å². The average molecular weight is 249 g/mol. The van der Waals surface area contributed by atoms with Crippen molar-refractivity contribution < 1.29 is 0 Å². The van der Waals surface area contributed by atoms with Crippen molar-refractivity contribution in [2.45, 2.75) is 25.8 Å². The second-order valence-corrected chi connectivity index (χ2v) is 3.44. The quantitative estimate of drug-likeness (QED) is 0.647. The fourth-order valence-corrected chi connectivity index (χ4v) is 1.79. The van der Waals surface area contributed by atoms with Gasteiger partial charge in [-0.15, -0.1) is 5.10 Å². The van der Waals surface area contributed by atoms with Crippen molar-refractivity contribution >= 4 is 22.6 Å². The highest BCUT2D eigenvalue weighted by molar-refractivity contribution is 14.1. The minimum absolute atomic E-state index is 0.884. The molecule has 0 N–H and O–H groups in total. The number of aromatic nitrogens is 3. The summed E-state index contributed by atoms with van der Waals surface area (Å²) in [5.41, 5.74) is 0. The lowest BCUT2D eigenvalue weighted by Gasteiger charge is -2.09. The van der Waals surface area contributed by atoms with E-state index < -0.39 is 0 Å². The molecule has 54 valence electrons. The maximum atomic E-state index is 4.29. The molecule has 1 aromatic heterocycles. The summed E-state index contributed by atoms with van der Waals surface area (Å²) in [4.78, 5) is 4.29. The molecule has 0 atom stereocenters. The fraction of sp³-hybridized carbons (Fsp3) is 0.667. The predicted molar refractivity (Wildman–Crippen MR) is 45.7 cm³/mol. The first kappa shape index (κ1) is 6.57. The lowest BCUT2D eigenvalue weighted by atomic mass is 10.2. The van der Waals surface area contributed by atoms with Crippen LogP contribution in [0.25, 0.3) is 0 Å². The topological polar surface area (TPSA) is 30.7 Å². The number of nitrogens with zero attached hydrogens (tertiary/aromatic N) is 3. The molecule has 1 aliphatic rings. The van der Waals surface area contributed by atoms with Crippen LogP contribution in [0, 0.1) is 3.83 Å². The normalized spacial score (nSPS) is 16.9. The zero-order chi connectivity index (χ0) is 6.97. The van der Waals surface area contributed by atoms with Gasteiger partial charge in [-0.05, 0) is 12.8 Å². The van der Waals surface area contributed by atoms with E-state index in [0.717, 1.165) is 22.6 Å². The summed E-state index contributed by atoms with van der Waals surface area (Å²) >= 11 is 2.16. The molecule has 0 bridgehead atoms. The third-order valence-electron chi connectivity index (χ3n) is 1.74. The Hall–Kier alpha value is -0.130. The van der Waals surface area contributed by atoms with E-state index in [-0.39, 0.29) is 0 Å². The molecule has 0 aliphatic carbocycles. The Morgan fingerprint density at radius 1 is 1.40 bits per heavy atom. The number of rotatable bonds is 0. The Labute approximate surface area is 73.0 Å². The number of hydrogen-bond donors (Lipinski definition) is 0. The third kappa shape index (κ3) is 1.04. The molecule has 0 amide bonds. The summed E-state index contributed by atoms with van der Waals surface area (Å²) in [5.74, 6) is 1.16. The van der Waals surface area contributed by atoms with Crippen molar-refractivity contribution in [3.05, 3.63) is 9.66 Å². The van der Waals surface area contributed by atoms with Gasteiger partial charge in [0.2, 0.25) is 3.83 Å². The first-order chi connectivity index (χ1) is 4.86. The Morgan fingerprint density at radius 3 is 3.10 bits per heavy atom. The molecule has 1 aliphatic heterocycles. The lowest BCUT2D eigenvalue weighted by Crippen LogP contribution is -2.11. The fourth-order valence-electron chi connectivity index (χ4n) is 1.25. The van der Waals surface area contributed by atoms with Crippen molar-refractivity contribution in [1.29, 1.82) is 0 Å². The SMILES string of the molecule is Ic1nc2n(n1)CCCC2. The van der Waals surface area contributed by atoms with Crippen molar-refractivity contribution in [2.24, 2.45) is 0 Å². The first-order valence-electron chi connectivity index (χ1n) is 3.45. The summed E-state index contributed by atoms with van der Waals surface area (Å²) in [7, 11) is 0. The Morgan fingerprint density at radius 2 is 2.30 bits per heavy atom. The second-order valence-electron chi connectivity index (χ2n) is 2.48. The molecule has 0 spiro atoms. The maximum Gasteiger partial charge on any atom is 0.211 e. The van der Waals surface area contributed by atoms with Gasteiger partial charge in [-0.3, -0.25) is 0 Å². The van der Waals surface area contributed by atoms with Gasteiger partial charge in [0.1, 0.15) is 5.82 Å². The van der Waals surface area contributed by atoms with Crippen LogP contribution >= 0.6 is 22.6 Å². The van der Waals surface area contributed by atoms with E-state index in [1.165, 1.54) is 12.8 Å². The molecule has 2 rings (SSSR count). The maximum absolute atomic E-state index is 4.29. The van der Waals surface area contributed by atoms with E-state index in [1.807, 2.05) is 4.68 Å². The number of aryl methyl sites for hydroxylation is 2. The number of fused-ring (bicyclic) bond motifs is 1. The highest BCUT2D eigenvalue weighted by atomic mass is 127. The summed E-state index contributed by atoms with van der Waals surface area (Å²) in [6.45, 7) is 1.06. The molecule has 0 fully saturated rings. The van der Waals surface area contributed by atoms with Gasteiger partial charge in [-0.2, -0.15) is 0 Å². The molecular weight excluding hydrogens is 241 g/mol. The van der Waals surface area contributed by atoms with E-state index in [9.17, 15) is 0 Å². The van der Waals surface area contributed by atoms with Gasteiger partial charge in [-0.1, -0.05) is 0 Å². The van der Waals surface area contributed by atoms with Crippen molar-refractivity contribution in [2.75, 3.05) is 0 Å². The number of halogens is 1. The molecular formula is C6H8IN3. The molecule has 0 saturated heterocycles. The monoisotopic (exact) mass is 249 g/mol. The van der Waals surface area contributed by atoms with Crippen LogP contribution in [0.5, 0.6) is 0 Å². The minimum atomic E-state index is 0.884. The summed E-state index contributed by atoms with van der Waals surface area (Å²) < 4.78 is 2.90. The third-order valence-corrected chi connectivity index (χ3v) is 2.20. The van der Waals surface area contributed by atoms with Crippen LogP contribution in [0.1, 0.15) is 18.7 Å². The molecule has 4 heteroatoms. The summed E-state index contributed by atoms with van der Waals surface area (Å²) in [5, 5.41) is 4.24. The minimum Gasteiger partial charge on any atom is -0.249 e. The average Bonchev–Trinajstić information content (AvgIpc) is 2.27. The largest absolute Gasteiger partial charge is 0.249 e. The van der Waals surface area contributed by atoms with Gasteiger partial charge in [0.25, 0.3) is 0 Å². The van der Waals surface area contributed by atoms with Gasteiger partial charge >= 0.3 is 0 Å². The van der Waals surface area contributed by atoms with Crippen LogP contribution in [-0.4, -0.2) is 14.8 Å². The van der Waals surface area contributed by atoms with E-state index in [4.69, 9.17) is 0 Å². The second kappa shape index (κ2) is 2.48.